The van der Waals surface area contributed by atoms with Crippen LogP contribution in [0.4, 0.5) is 8.78 Å². The summed E-state index contributed by atoms with van der Waals surface area (Å²) in [5, 5.41) is -0.346. The van der Waals surface area contributed by atoms with Crippen LogP contribution in [-0.2, 0) is 10.0 Å². The average Bonchev–Trinajstić information content (AvgIpc) is 3.22. The van der Waals surface area contributed by atoms with E-state index in [4.69, 9.17) is 28.9 Å². The number of nitrogens with two attached hydrogens (primary N) is 1. The van der Waals surface area contributed by atoms with Gasteiger partial charge in [-0.25, -0.2) is 22.2 Å². The third-order valence-electron chi connectivity index (χ3n) is 4.76. The molecular weight excluding hydrogens is 469 g/mol. The highest BCUT2D eigenvalue weighted by atomic mass is 35.5. The number of rotatable bonds is 8. The summed E-state index contributed by atoms with van der Waals surface area (Å²) in [6, 6.07) is 8.18. The van der Waals surface area contributed by atoms with E-state index in [0.717, 1.165) is 0 Å². The van der Waals surface area contributed by atoms with Crippen molar-refractivity contribution in [1.82, 2.24) is 14.3 Å². The Morgan fingerprint density at radius 2 is 1.65 bits per heavy atom. The molecule has 0 radical (unpaired) electrons. The van der Waals surface area contributed by atoms with Gasteiger partial charge in [-0.3, -0.25) is 0 Å². The number of aromatic nitrogens is 2. The number of nitrogens with zero attached hydrogens (tertiary/aromatic N) is 2. The fourth-order valence-corrected chi connectivity index (χ4v) is 4.59. The first-order chi connectivity index (χ1) is 14.6. The first kappa shape index (κ1) is 23.6. The molecule has 1 heterocycles. The minimum atomic E-state index is -3.83. The van der Waals surface area contributed by atoms with Gasteiger partial charge < -0.3 is 10.7 Å². The predicted octanol–water partition coefficient (Wildman–Crippen LogP) is 4.14. The summed E-state index contributed by atoms with van der Waals surface area (Å²) >= 11 is 11.9. The number of aromatic amines is 1. The molecule has 31 heavy (non-hydrogen) atoms. The summed E-state index contributed by atoms with van der Waals surface area (Å²) in [4.78, 5) is 7.07. The number of imidazole rings is 1. The van der Waals surface area contributed by atoms with E-state index in [1.807, 2.05) is 0 Å². The molecule has 166 valence electrons. The molecule has 3 aromatic rings. The number of halogens is 4. The fourth-order valence-electron chi connectivity index (χ4n) is 3.09. The van der Waals surface area contributed by atoms with Crippen LogP contribution in [0.3, 0.4) is 0 Å². The van der Waals surface area contributed by atoms with Crippen LogP contribution in [0, 0.1) is 11.6 Å². The van der Waals surface area contributed by atoms with Gasteiger partial charge in [0.05, 0.1) is 22.2 Å². The van der Waals surface area contributed by atoms with E-state index in [9.17, 15) is 17.2 Å². The highest BCUT2D eigenvalue weighted by molar-refractivity contribution is 7.89. The first-order valence-electron chi connectivity index (χ1n) is 9.26. The lowest BCUT2D eigenvalue weighted by atomic mass is 9.90. The minimum Gasteiger partial charge on any atom is -0.331 e. The Balaban J connectivity index is 2.08. The van der Waals surface area contributed by atoms with Crippen LogP contribution in [0.5, 0.6) is 0 Å². The Morgan fingerprint density at radius 1 is 1.10 bits per heavy atom. The molecule has 0 amide bonds. The zero-order chi connectivity index (χ0) is 22.8. The van der Waals surface area contributed by atoms with E-state index < -0.39 is 27.6 Å². The van der Waals surface area contributed by atoms with Crippen LogP contribution in [0.1, 0.15) is 29.3 Å². The zero-order valence-corrected chi connectivity index (χ0v) is 18.8. The van der Waals surface area contributed by atoms with E-state index in [1.165, 1.54) is 53.9 Å². The van der Waals surface area contributed by atoms with Crippen molar-refractivity contribution >= 4 is 33.2 Å². The van der Waals surface area contributed by atoms with E-state index in [0.29, 0.717) is 24.1 Å². The van der Waals surface area contributed by atoms with Crippen molar-refractivity contribution in [3.8, 4) is 0 Å². The van der Waals surface area contributed by atoms with E-state index in [2.05, 4.69) is 9.97 Å². The molecule has 0 bridgehead atoms. The molecule has 0 fully saturated rings. The van der Waals surface area contributed by atoms with Crippen molar-refractivity contribution in [3.63, 3.8) is 0 Å². The second-order valence-corrected chi connectivity index (χ2v) is 9.71. The Kier molecular flexibility index (Phi) is 7.33. The van der Waals surface area contributed by atoms with Crippen LogP contribution in [0.2, 0.25) is 10.0 Å². The van der Waals surface area contributed by atoms with Gasteiger partial charge in [0.25, 0.3) is 10.0 Å². The summed E-state index contributed by atoms with van der Waals surface area (Å²) in [5.74, 6) is -1.67. The first-order valence-corrected chi connectivity index (χ1v) is 11.5. The second kappa shape index (κ2) is 9.62. The lowest BCUT2D eigenvalue weighted by Gasteiger charge is -2.18. The minimum absolute atomic E-state index is 0.114. The second-order valence-electron chi connectivity index (χ2n) is 6.88. The van der Waals surface area contributed by atoms with Crippen molar-refractivity contribution < 1.29 is 17.2 Å². The van der Waals surface area contributed by atoms with Crippen LogP contribution in [-0.4, -0.2) is 42.8 Å². The molecule has 2 aromatic carbocycles. The van der Waals surface area contributed by atoms with Gasteiger partial charge in [-0.2, -0.15) is 4.31 Å². The molecule has 0 spiro atoms. The number of hydrogen-bond donors (Lipinski definition) is 2. The number of H-pyrrole nitrogens is 1. The van der Waals surface area contributed by atoms with E-state index >= 15 is 0 Å². The third-order valence-corrected chi connectivity index (χ3v) is 7.11. The quantitative estimate of drug-likeness (QED) is 0.498. The molecular formula is C20H20Cl2F2N4O2S. The normalized spacial score (nSPS) is 12.1. The highest BCUT2D eigenvalue weighted by Crippen LogP contribution is 2.34. The maximum Gasteiger partial charge on any atom is 0.259 e. The smallest absolute Gasteiger partial charge is 0.259 e. The number of nitrogens with one attached hydrogen (secondary N) is 1. The Hall–Kier alpha value is -2.04. The number of sulfonamides is 1. The van der Waals surface area contributed by atoms with E-state index in [-0.39, 0.29) is 27.4 Å². The lowest BCUT2D eigenvalue weighted by Crippen LogP contribution is -2.29. The summed E-state index contributed by atoms with van der Waals surface area (Å²) in [6.07, 6.45) is 1.70. The predicted molar refractivity (Wildman–Crippen MR) is 116 cm³/mol. The lowest BCUT2D eigenvalue weighted by molar-refractivity contribution is 0.461. The van der Waals surface area contributed by atoms with Gasteiger partial charge in [0.1, 0.15) is 17.5 Å². The fraction of sp³-hybridized carbons (Fsp3) is 0.250. The molecule has 0 saturated carbocycles. The van der Waals surface area contributed by atoms with Gasteiger partial charge in [0.15, 0.2) is 5.03 Å². The molecule has 0 atom stereocenters. The van der Waals surface area contributed by atoms with Gasteiger partial charge in [-0.15, -0.1) is 0 Å². The van der Waals surface area contributed by atoms with Crippen molar-refractivity contribution in [2.45, 2.75) is 17.4 Å². The summed E-state index contributed by atoms with van der Waals surface area (Å²) in [5.41, 5.74) is 6.50. The Labute approximate surface area is 189 Å². The Morgan fingerprint density at radius 3 is 2.13 bits per heavy atom. The van der Waals surface area contributed by atoms with Gasteiger partial charge in [-0.05, 0) is 48.4 Å². The molecule has 3 rings (SSSR count). The van der Waals surface area contributed by atoms with Crippen LogP contribution < -0.4 is 5.73 Å². The van der Waals surface area contributed by atoms with E-state index in [1.54, 1.807) is 0 Å². The van der Waals surface area contributed by atoms with Crippen molar-refractivity contribution in [1.29, 1.82) is 0 Å². The van der Waals surface area contributed by atoms with Crippen molar-refractivity contribution in [2.24, 2.45) is 5.73 Å². The molecule has 6 nitrogen and oxygen atoms in total. The third kappa shape index (κ3) is 5.07. The standard InChI is InChI=1S/C20H20Cl2F2N4O2S/c1-28(8-2-7-25)31(29,30)18-11-26-20(27-18)19(12-3-5-16(23)14(21)9-12)13-4-6-17(24)15(22)10-13/h3-6,9-11,19H,2,7-8,25H2,1H3,(H,26,27). The SMILES string of the molecule is CN(CCCN)S(=O)(=O)c1cnc(C(c2ccc(F)c(Cl)c2)c2ccc(F)c(Cl)c2)[nH]1. The summed E-state index contributed by atoms with van der Waals surface area (Å²) in [7, 11) is -2.38. The monoisotopic (exact) mass is 488 g/mol. The van der Waals surface area contributed by atoms with Gasteiger partial charge in [0, 0.05) is 13.6 Å². The maximum atomic E-state index is 13.7. The van der Waals surface area contributed by atoms with Gasteiger partial charge in [0.2, 0.25) is 0 Å². The summed E-state index contributed by atoms with van der Waals surface area (Å²) < 4.78 is 54.2. The molecule has 0 unspecified atom stereocenters. The molecule has 0 aliphatic rings. The number of benzene rings is 2. The van der Waals surface area contributed by atoms with Gasteiger partial charge >= 0.3 is 0 Å². The molecule has 11 heteroatoms. The highest BCUT2D eigenvalue weighted by Gasteiger charge is 2.27. The van der Waals surface area contributed by atoms with Gasteiger partial charge in [-0.1, -0.05) is 35.3 Å². The van der Waals surface area contributed by atoms with Crippen molar-refractivity contribution in [3.05, 3.63) is 81.2 Å². The topological polar surface area (TPSA) is 92.1 Å². The molecule has 0 aliphatic carbocycles. The largest absolute Gasteiger partial charge is 0.331 e. The van der Waals surface area contributed by atoms with Crippen LogP contribution in [0.25, 0.3) is 0 Å². The average molecular weight is 489 g/mol. The van der Waals surface area contributed by atoms with Crippen LogP contribution >= 0.6 is 23.2 Å². The number of hydrogen-bond acceptors (Lipinski definition) is 4. The summed E-state index contributed by atoms with van der Waals surface area (Å²) in [6.45, 7) is 0.602. The maximum absolute atomic E-state index is 13.7. The molecule has 0 aliphatic heterocycles. The zero-order valence-electron chi connectivity index (χ0n) is 16.4. The molecule has 1 aromatic heterocycles. The van der Waals surface area contributed by atoms with Crippen LogP contribution in [0.15, 0.2) is 47.6 Å². The Bertz CT molecular complexity index is 1140. The molecule has 3 N–H and O–H groups in total. The molecule has 0 saturated heterocycles. The van der Waals surface area contributed by atoms with Crippen molar-refractivity contribution in [2.75, 3.05) is 20.1 Å².